The van der Waals surface area contributed by atoms with Gasteiger partial charge in [0.05, 0.1) is 13.2 Å². The lowest BCUT2D eigenvalue weighted by Gasteiger charge is -2.36. The summed E-state index contributed by atoms with van der Waals surface area (Å²) < 4.78 is 5.33. The maximum absolute atomic E-state index is 9.55. The van der Waals surface area contributed by atoms with Crippen LogP contribution in [0, 0.1) is 0 Å². The number of hydrogen-bond acceptors (Lipinski definition) is 4. The summed E-state index contributed by atoms with van der Waals surface area (Å²) in [5.74, 6) is 0. The van der Waals surface area contributed by atoms with Gasteiger partial charge in [-0.2, -0.15) is 0 Å². The quantitative estimate of drug-likeness (QED) is 0.725. The molecule has 0 aliphatic carbocycles. The zero-order chi connectivity index (χ0) is 12.8. The Balaban J connectivity index is 1.92. The highest BCUT2D eigenvalue weighted by atomic mass is 16.5. The molecule has 0 bridgehead atoms. The molecule has 0 saturated carbocycles. The molecule has 1 aromatic carbocycles. The minimum Gasteiger partial charge on any atom is -0.394 e. The third-order valence-electron chi connectivity index (χ3n) is 3.63. The summed E-state index contributed by atoms with van der Waals surface area (Å²) in [4.78, 5) is 0. The number of ether oxygens (including phenoxy) is 1. The van der Waals surface area contributed by atoms with Crippen molar-refractivity contribution in [3.05, 3.63) is 35.4 Å². The van der Waals surface area contributed by atoms with E-state index in [2.05, 4.69) is 5.32 Å². The highest BCUT2D eigenvalue weighted by molar-refractivity contribution is 5.22. The first-order valence-corrected chi connectivity index (χ1v) is 6.40. The van der Waals surface area contributed by atoms with Crippen molar-refractivity contribution >= 4 is 0 Å². The van der Waals surface area contributed by atoms with Crippen molar-refractivity contribution in [2.75, 3.05) is 19.8 Å². The second-order valence-corrected chi connectivity index (χ2v) is 4.88. The zero-order valence-electron chi connectivity index (χ0n) is 10.6. The standard InChI is InChI=1S/C14H21NO3/c16-10-13-3-1-12(2-4-13)9-15-14(11-17)5-7-18-8-6-14/h1-4,15-17H,5-11H2. The molecule has 0 aromatic heterocycles. The van der Waals surface area contributed by atoms with Gasteiger partial charge in [0.25, 0.3) is 0 Å². The molecule has 3 N–H and O–H groups in total. The Morgan fingerprint density at radius 2 is 1.67 bits per heavy atom. The van der Waals surface area contributed by atoms with Gasteiger partial charge in [0.1, 0.15) is 0 Å². The van der Waals surface area contributed by atoms with Gasteiger partial charge in [-0.05, 0) is 24.0 Å². The molecule has 0 amide bonds. The first-order valence-electron chi connectivity index (χ1n) is 6.40. The number of aliphatic hydroxyl groups is 2. The van der Waals surface area contributed by atoms with Crippen LogP contribution in [0.2, 0.25) is 0 Å². The van der Waals surface area contributed by atoms with E-state index in [9.17, 15) is 5.11 Å². The van der Waals surface area contributed by atoms with Gasteiger partial charge < -0.3 is 20.3 Å². The van der Waals surface area contributed by atoms with Gasteiger partial charge in [0, 0.05) is 25.3 Å². The summed E-state index contributed by atoms with van der Waals surface area (Å²) in [6.45, 7) is 2.36. The number of benzene rings is 1. The average molecular weight is 251 g/mol. The fourth-order valence-electron chi connectivity index (χ4n) is 2.21. The highest BCUT2D eigenvalue weighted by Crippen LogP contribution is 2.20. The van der Waals surface area contributed by atoms with Crippen LogP contribution in [0.25, 0.3) is 0 Å². The summed E-state index contributed by atoms with van der Waals surface area (Å²) in [6.07, 6.45) is 1.69. The van der Waals surface area contributed by atoms with Crippen molar-refractivity contribution in [2.24, 2.45) is 0 Å². The van der Waals surface area contributed by atoms with Crippen LogP contribution in [-0.4, -0.2) is 35.6 Å². The molecular formula is C14H21NO3. The third kappa shape index (κ3) is 3.29. The van der Waals surface area contributed by atoms with E-state index in [1.807, 2.05) is 24.3 Å². The SMILES string of the molecule is OCc1ccc(CNC2(CO)CCOCC2)cc1. The van der Waals surface area contributed by atoms with Gasteiger partial charge in [-0.3, -0.25) is 0 Å². The van der Waals surface area contributed by atoms with Gasteiger partial charge in [-0.1, -0.05) is 24.3 Å². The Bertz CT molecular complexity index is 358. The molecule has 1 fully saturated rings. The van der Waals surface area contributed by atoms with Gasteiger partial charge >= 0.3 is 0 Å². The lowest BCUT2D eigenvalue weighted by molar-refractivity contribution is 0.0112. The van der Waals surface area contributed by atoms with Crippen molar-refractivity contribution in [1.82, 2.24) is 5.32 Å². The Labute approximate surface area is 108 Å². The molecule has 0 spiro atoms. The van der Waals surface area contributed by atoms with E-state index in [4.69, 9.17) is 9.84 Å². The molecule has 1 saturated heterocycles. The van der Waals surface area contributed by atoms with Crippen LogP contribution in [0.5, 0.6) is 0 Å². The maximum Gasteiger partial charge on any atom is 0.0681 e. The molecule has 1 aromatic rings. The molecule has 0 radical (unpaired) electrons. The molecule has 4 heteroatoms. The van der Waals surface area contributed by atoms with E-state index in [1.54, 1.807) is 0 Å². The van der Waals surface area contributed by atoms with Crippen molar-refractivity contribution < 1.29 is 14.9 Å². The average Bonchev–Trinajstić information content (AvgIpc) is 2.47. The summed E-state index contributed by atoms with van der Waals surface area (Å²) >= 11 is 0. The molecule has 18 heavy (non-hydrogen) atoms. The lowest BCUT2D eigenvalue weighted by Crippen LogP contribution is -2.51. The molecular weight excluding hydrogens is 230 g/mol. The van der Waals surface area contributed by atoms with Gasteiger partial charge in [-0.25, -0.2) is 0 Å². The molecule has 2 rings (SSSR count). The van der Waals surface area contributed by atoms with Crippen molar-refractivity contribution in [3.63, 3.8) is 0 Å². The van der Waals surface area contributed by atoms with Gasteiger partial charge in [-0.15, -0.1) is 0 Å². The molecule has 1 aliphatic rings. The number of nitrogens with one attached hydrogen (secondary N) is 1. The van der Waals surface area contributed by atoms with E-state index in [0.717, 1.165) is 30.5 Å². The minimum absolute atomic E-state index is 0.0750. The largest absolute Gasteiger partial charge is 0.394 e. The van der Waals surface area contributed by atoms with E-state index < -0.39 is 0 Å². The highest BCUT2D eigenvalue weighted by Gasteiger charge is 2.31. The summed E-state index contributed by atoms with van der Waals surface area (Å²) in [6, 6.07) is 7.85. The van der Waals surface area contributed by atoms with Crippen molar-refractivity contribution in [1.29, 1.82) is 0 Å². The Kier molecular flexibility index (Phi) is 4.72. The van der Waals surface area contributed by atoms with E-state index >= 15 is 0 Å². The van der Waals surface area contributed by atoms with Crippen LogP contribution in [0.1, 0.15) is 24.0 Å². The second-order valence-electron chi connectivity index (χ2n) is 4.88. The van der Waals surface area contributed by atoms with Crippen LogP contribution in [0.4, 0.5) is 0 Å². The zero-order valence-corrected chi connectivity index (χ0v) is 10.6. The monoisotopic (exact) mass is 251 g/mol. The predicted molar refractivity (Wildman–Crippen MR) is 69.1 cm³/mol. The Hall–Kier alpha value is -0.940. The first kappa shape index (κ1) is 13.5. The second kappa shape index (κ2) is 6.29. The van der Waals surface area contributed by atoms with Crippen LogP contribution in [-0.2, 0) is 17.9 Å². The molecule has 4 nitrogen and oxygen atoms in total. The van der Waals surface area contributed by atoms with E-state index in [0.29, 0.717) is 13.2 Å². The summed E-state index contributed by atoms with van der Waals surface area (Å²) in [7, 11) is 0. The van der Waals surface area contributed by atoms with Crippen molar-refractivity contribution in [2.45, 2.75) is 31.5 Å². The van der Waals surface area contributed by atoms with Crippen LogP contribution >= 0.6 is 0 Å². The molecule has 0 unspecified atom stereocenters. The molecule has 1 aliphatic heterocycles. The normalized spacial score (nSPS) is 18.8. The predicted octanol–water partition coefficient (Wildman–Crippen LogP) is 0.810. The molecule has 0 atom stereocenters. The lowest BCUT2D eigenvalue weighted by atomic mass is 9.90. The molecule has 100 valence electrons. The summed E-state index contributed by atoms with van der Waals surface area (Å²) in [5, 5.41) is 22.0. The maximum atomic E-state index is 9.55. The smallest absolute Gasteiger partial charge is 0.0681 e. The van der Waals surface area contributed by atoms with Gasteiger partial charge in [0.2, 0.25) is 0 Å². The van der Waals surface area contributed by atoms with Crippen molar-refractivity contribution in [3.8, 4) is 0 Å². The van der Waals surface area contributed by atoms with Crippen LogP contribution < -0.4 is 5.32 Å². The Morgan fingerprint density at radius 1 is 1.06 bits per heavy atom. The number of aliphatic hydroxyl groups excluding tert-OH is 2. The first-order chi connectivity index (χ1) is 8.78. The minimum atomic E-state index is -0.200. The van der Waals surface area contributed by atoms with E-state index in [-0.39, 0.29) is 18.8 Å². The van der Waals surface area contributed by atoms with E-state index in [1.165, 1.54) is 0 Å². The summed E-state index contributed by atoms with van der Waals surface area (Å²) in [5.41, 5.74) is 1.88. The molecule has 1 heterocycles. The topological polar surface area (TPSA) is 61.7 Å². The third-order valence-corrected chi connectivity index (χ3v) is 3.63. The fourth-order valence-corrected chi connectivity index (χ4v) is 2.21. The van der Waals surface area contributed by atoms with Crippen LogP contribution in [0.15, 0.2) is 24.3 Å². The number of rotatable bonds is 5. The van der Waals surface area contributed by atoms with Crippen LogP contribution in [0.3, 0.4) is 0 Å². The number of hydrogen-bond donors (Lipinski definition) is 3. The van der Waals surface area contributed by atoms with Gasteiger partial charge in [0.15, 0.2) is 0 Å². The Morgan fingerprint density at radius 3 is 2.22 bits per heavy atom. The fraction of sp³-hybridized carbons (Fsp3) is 0.571.